The second kappa shape index (κ2) is 8.22. The summed E-state index contributed by atoms with van der Waals surface area (Å²) in [5.74, 6) is -0.232. The Hall–Kier alpha value is -2.87. The molecule has 0 unspecified atom stereocenters. The number of carbonyl (C=O) groups excluding carboxylic acids is 2. The molecule has 3 amide bonds. The molecule has 0 aliphatic rings. The van der Waals surface area contributed by atoms with Crippen LogP contribution in [0.4, 0.5) is 10.5 Å². The number of nitrogens with zero attached hydrogens (tertiary/aromatic N) is 2. The van der Waals surface area contributed by atoms with E-state index in [0.717, 1.165) is 10.4 Å². The fourth-order valence-corrected chi connectivity index (χ4v) is 3.40. The summed E-state index contributed by atoms with van der Waals surface area (Å²) >= 11 is 1.59. The first-order valence-corrected chi connectivity index (χ1v) is 9.74. The van der Waals surface area contributed by atoms with Crippen molar-refractivity contribution in [3.63, 3.8) is 0 Å². The lowest BCUT2D eigenvalue weighted by atomic mass is 10.1. The minimum atomic E-state index is -0.282. The average Bonchev–Trinajstić information content (AvgIpc) is 3.26. The molecule has 3 aromatic rings. The summed E-state index contributed by atoms with van der Waals surface area (Å²) in [5, 5.41) is 15.6. The summed E-state index contributed by atoms with van der Waals surface area (Å²) in [5.41, 5.74) is 1.83. The first-order chi connectivity index (χ1) is 13.0. The maximum absolute atomic E-state index is 12.7. The molecule has 0 atom stereocenters. The number of thiophene rings is 1. The van der Waals surface area contributed by atoms with E-state index in [-0.39, 0.29) is 18.0 Å². The average molecular weight is 385 g/mol. The van der Waals surface area contributed by atoms with Crippen LogP contribution in [0.15, 0.2) is 35.7 Å². The van der Waals surface area contributed by atoms with Crippen molar-refractivity contribution in [1.29, 1.82) is 0 Å². The number of fused-ring (bicyclic) bond motifs is 1. The lowest BCUT2D eigenvalue weighted by Gasteiger charge is -2.10. The molecule has 142 valence electrons. The van der Waals surface area contributed by atoms with Gasteiger partial charge in [0.1, 0.15) is 0 Å². The van der Waals surface area contributed by atoms with Crippen LogP contribution >= 0.6 is 11.3 Å². The van der Waals surface area contributed by atoms with E-state index >= 15 is 0 Å². The number of carbonyl (C=O) groups is 2. The van der Waals surface area contributed by atoms with Crippen LogP contribution in [0, 0.1) is 0 Å². The molecule has 0 aliphatic heterocycles. The van der Waals surface area contributed by atoms with Gasteiger partial charge in [0.25, 0.3) is 5.91 Å². The number of anilines is 1. The van der Waals surface area contributed by atoms with Crippen LogP contribution in [-0.4, -0.2) is 27.8 Å². The molecule has 0 spiro atoms. The second-order valence-corrected chi connectivity index (χ2v) is 7.44. The molecule has 27 heavy (non-hydrogen) atoms. The highest BCUT2D eigenvalue weighted by Gasteiger charge is 2.17. The molecular formula is C19H23N5O2S. The third kappa shape index (κ3) is 4.46. The summed E-state index contributed by atoms with van der Waals surface area (Å²) in [6.07, 6.45) is 0. The highest BCUT2D eigenvalue weighted by molar-refractivity contribution is 7.09. The molecule has 2 aromatic heterocycles. The first-order valence-electron chi connectivity index (χ1n) is 8.86. The molecular weight excluding hydrogens is 362 g/mol. The van der Waals surface area contributed by atoms with Crippen LogP contribution in [0.3, 0.4) is 0 Å². The van der Waals surface area contributed by atoms with Gasteiger partial charge in [-0.25, -0.2) is 4.79 Å². The minimum absolute atomic E-state index is 0.0372. The minimum Gasteiger partial charge on any atom is -0.346 e. The van der Waals surface area contributed by atoms with Gasteiger partial charge in [-0.2, -0.15) is 5.10 Å². The van der Waals surface area contributed by atoms with Crippen molar-refractivity contribution in [1.82, 2.24) is 20.4 Å². The predicted molar refractivity (Wildman–Crippen MR) is 108 cm³/mol. The van der Waals surface area contributed by atoms with Gasteiger partial charge in [0.05, 0.1) is 12.1 Å². The van der Waals surface area contributed by atoms with Gasteiger partial charge < -0.3 is 16.0 Å². The van der Waals surface area contributed by atoms with Gasteiger partial charge in [-0.05, 0) is 50.4 Å². The van der Waals surface area contributed by atoms with Crippen molar-refractivity contribution in [2.45, 2.75) is 39.9 Å². The Kier molecular flexibility index (Phi) is 5.75. The van der Waals surface area contributed by atoms with E-state index in [4.69, 9.17) is 0 Å². The molecule has 3 N–H and O–H groups in total. The fourth-order valence-electron chi connectivity index (χ4n) is 2.76. The highest BCUT2D eigenvalue weighted by atomic mass is 32.1. The third-order valence-corrected chi connectivity index (χ3v) is 4.82. The quantitative estimate of drug-likeness (QED) is 0.606. The number of rotatable bonds is 6. The van der Waals surface area contributed by atoms with E-state index in [2.05, 4.69) is 21.0 Å². The Bertz CT molecular complexity index is 947. The van der Waals surface area contributed by atoms with E-state index in [0.29, 0.717) is 29.9 Å². The highest BCUT2D eigenvalue weighted by Crippen LogP contribution is 2.23. The van der Waals surface area contributed by atoms with E-state index in [9.17, 15) is 9.59 Å². The lowest BCUT2D eigenvalue weighted by Crippen LogP contribution is -2.34. The van der Waals surface area contributed by atoms with E-state index < -0.39 is 0 Å². The van der Waals surface area contributed by atoms with Gasteiger partial charge in [0.2, 0.25) is 0 Å². The molecule has 0 aliphatic carbocycles. The molecule has 0 bridgehead atoms. The number of urea groups is 1. The molecule has 8 heteroatoms. The van der Waals surface area contributed by atoms with Gasteiger partial charge in [-0.1, -0.05) is 6.07 Å². The second-order valence-electron chi connectivity index (χ2n) is 6.41. The molecule has 2 heterocycles. The maximum Gasteiger partial charge on any atom is 0.319 e. The Morgan fingerprint density at radius 3 is 2.74 bits per heavy atom. The van der Waals surface area contributed by atoms with E-state index in [1.165, 1.54) is 0 Å². The fraction of sp³-hybridized carbons (Fsp3) is 0.316. The van der Waals surface area contributed by atoms with Crippen molar-refractivity contribution in [2.24, 2.45) is 0 Å². The Balaban J connectivity index is 1.85. The van der Waals surface area contributed by atoms with Crippen LogP contribution in [0.2, 0.25) is 0 Å². The van der Waals surface area contributed by atoms with Gasteiger partial charge in [-0.15, -0.1) is 11.3 Å². The number of nitrogens with one attached hydrogen (secondary N) is 3. The zero-order valence-electron chi connectivity index (χ0n) is 15.6. The SMILES string of the molecule is CCn1nc(C(=O)NCc2cccs2)c2cc(NC(=O)NC(C)C)ccc21. The van der Waals surface area contributed by atoms with Crippen LogP contribution in [0.25, 0.3) is 10.9 Å². The standard InChI is InChI=1S/C19H23N5O2S/c1-4-24-16-8-7-13(22-19(26)21-12(2)3)10-15(16)17(23-24)18(25)20-11-14-6-5-9-27-14/h5-10,12H,4,11H2,1-3H3,(H,20,25)(H2,21,22,26). The number of hydrogen-bond donors (Lipinski definition) is 3. The molecule has 0 saturated carbocycles. The zero-order chi connectivity index (χ0) is 19.4. The number of hydrogen-bond acceptors (Lipinski definition) is 4. The van der Waals surface area contributed by atoms with Gasteiger partial charge in [0.15, 0.2) is 5.69 Å². The number of aryl methyl sites for hydroxylation is 1. The van der Waals surface area contributed by atoms with Crippen molar-refractivity contribution in [3.05, 3.63) is 46.3 Å². The summed E-state index contributed by atoms with van der Waals surface area (Å²) < 4.78 is 1.79. The third-order valence-electron chi connectivity index (χ3n) is 3.95. The number of aromatic nitrogens is 2. The van der Waals surface area contributed by atoms with Crippen LogP contribution in [-0.2, 0) is 13.1 Å². The molecule has 0 radical (unpaired) electrons. The normalized spacial score (nSPS) is 11.0. The van der Waals surface area contributed by atoms with Crippen LogP contribution in [0.1, 0.15) is 36.1 Å². The van der Waals surface area contributed by atoms with Crippen molar-refractivity contribution < 1.29 is 9.59 Å². The molecule has 3 rings (SSSR count). The molecule has 0 saturated heterocycles. The predicted octanol–water partition coefficient (Wildman–Crippen LogP) is 3.58. The number of amides is 3. The van der Waals surface area contributed by atoms with Gasteiger partial charge in [-0.3, -0.25) is 9.48 Å². The van der Waals surface area contributed by atoms with E-state index in [1.54, 1.807) is 22.1 Å². The van der Waals surface area contributed by atoms with Crippen molar-refractivity contribution in [3.8, 4) is 0 Å². The monoisotopic (exact) mass is 385 g/mol. The smallest absolute Gasteiger partial charge is 0.319 e. The summed E-state index contributed by atoms with van der Waals surface area (Å²) in [4.78, 5) is 25.7. The lowest BCUT2D eigenvalue weighted by molar-refractivity contribution is 0.0947. The summed E-state index contributed by atoms with van der Waals surface area (Å²) in [7, 11) is 0. The van der Waals surface area contributed by atoms with Gasteiger partial charge in [0, 0.05) is 28.5 Å². The molecule has 7 nitrogen and oxygen atoms in total. The first kappa shape index (κ1) is 18.9. The Morgan fingerprint density at radius 2 is 2.07 bits per heavy atom. The molecule has 0 fully saturated rings. The van der Waals surface area contributed by atoms with Crippen molar-refractivity contribution in [2.75, 3.05) is 5.32 Å². The topological polar surface area (TPSA) is 88.1 Å². The Morgan fingerprint density at radius 1 is 1.26 bits per heavy atom. The largest absolute Gasteiger partial charge is 0.346 e. The van der Waals surface area contributed by atoms with Crippen molar-refractivity contribution >= 4 is 39.9 Å². The summed E-state index contributed by atoms with van der Waals surface area (Å²) in [6.45, 7) is 6.87. The number of benzene rings is 1. The maximum atomic E-state index is 12.7. The zero-order valence-corrected chi connectivity index (χ0v) is 16.4. The Labute approximate surface area is 161 Å². The van der Waals surface area contributed by atoms with Gasteiger partial charge >= 0.3 is 6.03 Å². The summed E-state index contributed by atoms with van der Waals surface area (Å²) in [6, 6.07) is 9.15. The van der Waals surface area contributed by atoms with E-state index in [1.807, 2.05) is 50.4 Å². The molecule has 1 aromatic carbocycles. The van der Waals surface area contributed by atoms with Crippen LogP contribution < -0.4 is 16.0 Å². The van der Waals surface area contributed by atoms with Crippen LogP contribution in [0.5, 0.6) is 0 Å².